The van der Waals surface area contributed by atoms with Gasteiger partial charge in [0.15, 0.2) is 11.6 Å². The van der Waals surface area contributed by atoms with E-state index in [1.807, 2.05) is 6.92 Å². The molecule has 0 atom stereocenters. The third kappa shape index (κ3) is 9.20. The second-order valence-electron chi connectivity index (χ2n) is 9.53. The average molecular weight is 394 g/mol. The van der Waals surface area contributed by atoms with Gasteiger partial charge in [0.05, 0.1) is 13.3 Å². The molecule has 4 heteroatoms. The van der Waals surface area contributed by atoms with Crippen LogP contribution in [0.5, 0.6) is 5.75 Å². The van der Waals surface area contributed by atoms with Gasteiger partial charge in [-0.2, -0.15) is 0 Å². The standard InChI is InChI=1S/C13H25NO.C11H13FO.H2/c1-12(2,3)7-5-4-6-8-13(9-10-13)14-11-15;1-8-2-5-10(12)11(6-8)13-7-9-3-4-9;/h6,8,14-15H,4-5,7,9-11H2,1-3H3;2,5-6,9H,3-4,7H2,1H3;1H/b8-6+;;. The quantitative estimate of drug-likeness (QED) is 0.307. The Kier molecular flexibility index (Phi) is 8.51. The Hall–Kier alpha value is -1.39. The van der Waals surface area contributed by atoms with E-state index in [9.17, 15) is 4.39 Å². The number of halogens is 1. The molecular formula is C24H40FNO2. The van der Waals surface area contributed by atoms with Crippen LogP contribution in [0, 0.1) is 24.1 Å². The number of allylic oxidation sites excluding steroid dienone is 1. The van der Waals surface area contributed by atoms with Crippen molar-refractivity contribution < 1.29 is 15.7 Å². The van der Waals surface area contributed by atoms with Gasteiger partial charge in [0, 0.05) is 6.97 Å². The topological polar surface area (TPSA) is 41.5 Å². The number of aliphatic hydroxyl groups excluding tert-OH is 1. The highest BCUT2D eigenvalue weighted by molar-refractivity contribution is 5.29. The number of aryl methyl sites for hydroxylation is 1. The largest absolute Gasteiger partial charge is 0.490 e. The Labute approximate surface area is 171 Å². The molecule has 0 aromatic heterocycles. The molecule has 0 unspecified atom stereocenters. The zero-order chi connectivity index (χ0) is 20.6. The SMILES string of the molecule is CC(C)(C)CCC/C=C/C1(NCO)CC1.Cc1ccc(F)c(OCC2CC2)c1.[HH]. The summed E-state index contributed by atoms with van der Waals surface area (Å²) in [5.74, 6) is 0.804. The number of hydrogen-bond acceptors (Lipinski definition) is 3. The molecule has 2 saturated carbocycles. The maximum absolute atomic E-state index is 13.1. The lowest BCUT2D eigenvalue weighted by molar-refractivity contribution is 0.246. The summed E-state index contributed by atoms with van der Waals surface area (Å²) >= 11 is 0. The van der Waals surface area contributed by atoms with Crippen molar-refractivity contribution in [2.75, 3.05) is 13.3 Å². The summed E-state index contributed by atoms with van der Waals surface area (Å²) < 4.78 is 18.5. The number of rotatable bonds is 9. The first kappa shape index (κ1) is 22.9. The molecule has 3 rings (SSSR count). The van der Waals surface area contributed by atoms with Gasteiger partial charge < -0.3 is 9.84 Å². The molecule has 2 fully saturated rings. The van der Waals surface area contributed by atoms with Gasteiger partial charge in [-0.15, -0.1) is 0 Å². The minimum absolute atomic E-state index is 0. The van der Waals surface area contributed by atoms with E-state index in [0.29, 0.717) is 23.7 Å². The van der Waals surface area contributed by atoms with Crippen LogP contribution in [-0.2, 0) is 0 Å². The first-order valence-corrected chi connectivity index (χ1v) is 10.7. The van der Waals surface area contributed by atoms with Crippen molar-refractivity contribution >= 4 is 0 Å². The van der Waals surface area contributed by atoms with Crippen LogP contribution in [-0.4, -0.2) is 24.0 Å². The van der Waals surface area contributed by atoms with Crippen LogP contribution in [0.4, 0.5) is 4.39 Å². The Morgan fingerprint density at radius 2 is 2.04 bits per heavy atom. The van der Waals surface area contributed by atoms with Crippen LogP contribution < -0.4 is 10.1 Å². The summed E-state index contributed by atoms with van der Waals surface area (Å²) in [6.45, 7) is 9.54. The van der Waals surface area contributed by atoms with Gasteiger partial charge in [-0.3, -0.25) is 5.32 Å². The Bertz CT molecular complexity index is 634. The van der Waals surface area contributed by atoms with Crippen LogP contribution >= 0.6 is 0 Å². The van der Waals surface area contributed by atoms with Gasteiger partial charge in [-0.25, -0.2) is 4.39 Å². The molecule has 0 spiro atoms. The van der Waals surface area contributed by atoms with E-state index in [4.69, 9.17) is 9.84 Å². The van der Waals surface area contributed by atoms with Crippen molar-refractivity contribution in [2.45, 2.75) is 78.2 Å². The van der Waals surface area contributed by atoms with E-state index < -0.39 is 0 Å². The summed E-state index contributed by atoms with van der Waals surface area (Å²) in [6.07, 6.45) is 13.0. The summed E-state index contributed by atoms with van der Waals surface area (Å²) in [5.41, 5.74) is 1.64. The molecule has 2 aliphatic carbocycles. The molecule has 0 radical (unpaired) electrons. The molecule has 28 heavy (non-hydrogen) atoms. The average Bonchev–Trinajstić information content (AvgIpc) is 3.52. The predicted molar refractivity (Wildman–Crippen MR) is 116 cm³/mol. The minimum atomic E-state index is -0.258. The second-order valence-corrected chi connectivity index (χ2v) is 9.53. The molecule has 2 aliphatic rings. The van der Waals surface area contributed by atoms with Crippen molar-refractivity contribution in [2.24, 2.45) is 11.3 Å². The fourth-order valence-corrected chi connectivity index (χ4v) is 2.97. The van der Waals surface area contributed by atoms with Crippen LogP contribution in [0.25, 0.3) is 0 Å². The normalized spacial score (nSPS) is 17.9. The lowest BCUT2D eigenvalue weighted by Crippen LogP contribution is -2.29. The van der Waals surface area contributed by atoms with E-state index in [-0.39, 0.29) is 19.5 Å². The second kappa shape index (κ2) is 10.4. The fourth-order valence-electron chi connectivity index (χ4n) is 2.97. The van der Waals surface area contributed by atoms with Crippen LogP contribution in [0.15, 0.2) is 30.4 Å². The number of benzene rings is 1. The molecule has 0 bridgehead atoms. The Balaban J connectivity index is 0.000000282. The smallest absolute Gasteiger partial charge is 0.165 e. The summed E-state index contributed by atoms with van der Waals surface area (Å²) in [5, 5.41) is 11.9. The fraction of sp³-hybridized carbons (Fsp3) is 0.667. The van der Waals surface area contributed by atoms with Gasteiger partial charge in [0.25, 0.3) is 0 Å². The Morgan fingerprint density at radius 1 is 1.32 bits per heavy atom. The molecule has 3 nitrogen and oxygen atoms in total. The molecule has 0 saturated heterocycles. The first-order chi connectivity index (χ1) is 13.2. The molecule has 0 heterocycles. The number of unbranched alkanes of at least 4 members (excludes halogenated alkanes) is 1. The molecule has 0 amide bonds. The number of ether oxygens (including phenoxy) is 1. The number of nitrogens with one attached hydrogen (secondary N) is 1. The van der Waals surface area contributed by atoms with Crippen LogP contribution in [0.2, 0.25) is 0 Å². The van der Waals surface area contributed by atoms with Gasteiger partial charge in [0.2, 0.25) is 0 Å². The van der Waals surface area contributed by atoms with E-state index >= 15 is 0 Å². The highest BCUT2D eigenvalue weighted by Gasteiger charge is 2.38. The summed E-state index contributed by atoms with van der Waals surface area (Å²) in [4.78, 5) is 0. The van der Waals surface area contributed by atoms with Crippen molar-refractivity contribution in [3.8, 4) is 5.75 Å². The van der Waals surface area contributed by atoms with E-state index in [1.54, 1.807) is 12.1 Å². The van der Waals surface area contributed by atoms with Gasteiger partial charge in [-0.1, -0.05) is 39.0 Å². The van der Waals surface area contributed by atoms with Crippen molar-refractivity contribution in [1.29, 1.82) is 0 Å². The number of aliphatic hydroxyl groups is 1. The molecule has 2 N–H and O–H groups in total. The molecular weight excluding hydrogens is 353 g/mol. The summed E-state index contributed by atoms with van der Waals surface area (Å²) in [6, 6.07) is 4.95. The van der Waals surface area contributed by atoms with Crippen molar-refractivity contribution in [3.05, 3.63) is 41.7 Å². The monoisotopic (exact) mass is 393 g/mol. The zero-order valence-electron chi connectivity index (χ0n) is 18.1. The number of hydrogen-bond donors (Lipinski definition) is 2. The lowest BCUT2D eigenvalue weighted by atomic mass is 9.90. The molecule has 1 aromatic rings. The minimum Gasteiger partial charge on any atom is -0.490 e. The molecule has 1 aromatic carbocycles. The van der Waals surface area contributed by atoms with E-state index in [2.05, 4.69) is 38.2 Å². The van der Waals surface area contributed by atoms with Crippen molar-refractivity contribution in [1.82, 2.24) is 5.32 Å². The van der Waals surface area contributed by atoms with Gasteiger partial charge in [-0.05, 0) is 80.9 Å². The van der Waals surface area contributed by atoms with E-state index in [0.717, 1.165) is 12.0 Å². The van der Waals surface area contributed by atoms with Crippen LogP contribution in [0.3, 0.4) is 0 Å². The Morgan fingerprint density at radius 3 is 2.61 bits per heavy atom. The van der Waals surface area contributed by atoms with Crippen LogP contribution in [0.1, 0.15) is 72.7 Å². The van der Waals surface area contributed by atoms with E-state index in [1.165, 1.54) is 44.6 Å². The van der Waals surface area contributed by atoms with Gasteiger partial charge >= 0.3 is 0 Å². The lowest BCUT2D eigenvalue weighted by Gasteiger charge is -2.17. The predicted octanol–water partition coefficient (Wildman–Crippen LogP) is 6.00. The molecule has 160 valence electrons. The highest BCUT2D eigenvalue weighted by Crippen LogP contribution is 2.36. The van der Waals surface area contributed by atoms with Crippen molar-refractivity contribution in [3.63, 3.8) is 0 Å². The zero-order valence-corrected chi connectivity index (χ0v) is 18.1. The maximum atomic E-state index is 13.1. The van der Waals surface area contributed by atoms with Gasteiger partial charge in [0.1, 0.15) is 0 Å². The maximum Gasteiger partial charge on any atom is 0.165 e. The first-order valence-electron chi connectivity index (χ1n) is 10.7. The molecule has 0 aliphatic heterocycles. The third-order valence-corrected chi connectivity index (χ3v) is 5.21. The third-order valence-electron chi connectivity index (χ3n) is 5.21. The summed E-state index contributed by atoms with van der Waals surface area (Å²) in [7, 11) is 0. The highest BCUT2D eigenvalue weighted by atomic mass is 19.1.